The maximum absolute atomic E-state index is 8.49. The molecule has 0 amide bonds. The molecule has 1 aliphatic rings. The van der Waals surface area contributed by atoms with E-state index in [-0.39, 0.29) is 0 Å². The van der Waals surface area contributed by atoms with Gasteiger partial charge in [0, 0.05) is 20.0 Å². The smallest absolute Gasteiger partial charge is 0.102 e. The highest BCUT2D eigenvalue weighted by atomic mass is 35.7. The molecule has 0 aromatic carbocycles. The van der Waals surface area contributed by atoms with E-state index in [2.05, 4.69) is 7.05 Å². The van der Waals surface area contributed by atoms with Gasteiger partial charge in [0.15, 0.2) is 0 Å². The Kier molecular flexibility index (Phi) is 6.62. The van der Waals surface area contributed by atoms with Crippen molar-refractivity contribution >= 4 is 0 Å². The first-order chi connectivity index (χ1) is 6.77. The summed E-state index contributed by atoms with van der Waals surface area (Å²) in [5.74, 6) is 0. The van der Waals surface area contributed by atoms with Crippen LogP contribution in [0.3, 0.4) is 0 Å². The van der Waals surface area contributed by atoms with Gasteiger partial charge in [0.05, 0.1) is 26.7 Å². The minimum absolute atomic E-state index is 0.913. The molecular weight excluding hydrogens is 226 g/mol. The lowest BCUT2D eigenvalue weighted by Crippen LogP contribution is -2.68. The fraction of sp³-hybridized carbons (Fsp3) is 1.00. The van der Waals surface area contributed by atoms with Crippen molar-refractivity contribution in [3.8, 4) is 0 Å². The number of ether oxygens (including phenoxy) is 1. The van der Waals surface area contributed by atoms with Crippen LogP contribution in [-0.4, -0.2) is 44.9 Å². The number of likely N-dealkylation sites (tertiary alicyclic amines) is 1. The van der Waals surface area contributed by atoms with Crippen molar-refractivity contribution < 1.29 is 38.1 Å². The van der Waals surface area contributed by atoms with E-state index in [1.54, 1.807) is 7.11 Å². The van der Waals surface area contributed by atoms with E-state index in [1.165, 1.54) is 37.0 Å². The molecule has 0 radical (unpaired) electrons. The molecule has 0 aliphatic carbocycles. The number of methoxy groups -OCH3 is 1. The molecule has 0 bridgehead atoms. The topological polar surface area (TPSA) is 101 Å². The molecule has 0 unspecified atom stereocenters. The highest BCUT2D eigenvalue weighted by Crippen LogP contribution is 2.15. The zero-order chi connectivity index (χ0) is 11.9. The van der Waals surface area contributed by atoms with Gasteiger partial charge in [-0.2, -0.15) is 0 Å². The third kappa shape index (κ3) is 10.3. The Labute approximate surface area is 92.0 Å². The van der Waals surface area contributed by atoms with Gasteiger partial charge in [-0.25, -0.2) is 18.6 Å². The maximum Gasteiger partial charge on any atom is 0.102 e. The summed E-state index contributed by atoms with van der Waals surface area (Å²) in [6, 6.07) is 0. The Balaban J connectivity index is 0.000000336. The Hall–Kier alpha value is 0.0500. The largest absolute Gasteiger partial charge is 0.379 e. The summed E-state index contributed by atoms with van der Waals surface area (Å²) in [5.41, 5.74) is 0. The molecule has 7 heteroatoms. The van der Waals surface area contributed by atoms with Crippen LogP contribution < -0.4 is 18.6 Å². The van der Waals surface area contributed by atoms with Crippen molar-refractivity contribution in [2.75, 3.05) is 40.4 Å². The van der Waals surface area contributed by atoms with Crippen LogP contribution in [0.4, 0.5) is 0 Å². The molecule has 15 heavy (non-hydrogen) atoms. The molecule has 0 spiro atoms. The second-order valence-corrected chi connectivity index (χ2v) is 4.62. The third-order valence-corrected chi connectivity index (χ3v) is 2.48. The second kappa shape index (κ2) is 6.59. The van der Waals surface area contributed by atoms with Gasteiger partial charge in [-0.05, 0) is 0 Å². The minimum Gasteiger partial charge on any atom is -0.379 e. The molecule has 1 rings (SSSR count). The Morgan fingerprint density at radius 1 is 1.13 bits per heavy atom. The van der Waals surface area contributed by atoms with Gasteiger partial charge in [0.25, 0.3) is 0 Å². The van der Waals surface area contributed by atoms with Crippen molar-refractivity contribution in [3.63, 3.8) is 0 Å². The fourth-order valence-corrected chi connectivity index (χ4v) is 1.63. The summed E-state index contributed by atoms with van der Waals surface area (Å²) < 4.78 is 40.3. The van der Waals surface area contributed by atoms with Crippen molar-refractivity contribution in [1.29, 1.82) is 0 Å². The van der Waals surface area contributed by atoms with Gasteiger partial charge in [-0.15, -0.1) is 10.2 Å². The molecule has 0 N–H and O–H groups in total. The van der Waals surface area contributed by atoms with E-state index >= 15 is 0 Å². The van der Waals surface area contributed by atoms with Gasteiger partial charge in [0.1, 0.15) is 6.54 Å². The molecular formula is C8H18ClNO5. The van der Waals surface area contributed by atoms with E-state index in [0.717, 1.165) is 6.61 Å². The molecule has 0 saturated carbocycles. The standard InChI is InChI=1S/C8H18NO.ClHO4/c1-9(7-8-10-2)5-3-4-6-9;2-1(3,4)5/h3-8H2,1-2H3;(H,2,3,4,5)/q+1;/p-1. The number of rotatable bonds is 3. The SMILES string of the molecule is COCC[N+]1(C)CCCC1.[O-][Cl+3]([O-])([O-])[O-]. The van der Waals surface area contributed by atoms with E-state index in [9.17, 15) is 0 Å². The summed E-state index contributed by atoms with van der Waals surface area (Å²) in [4.78, 5) is 0. The monoisotopic (exact) mass is 243 g/mol. The van der Waals surface area contributed by atoms with E-state index in [4.69, 9.17) is 23.4 Å². The third-order valence-electron chi connectivity index (χ3n) is 2.48. The average Bonchev–Trinajstić information content (AvgIpc) is 2.46. The van der Waals surface area contributed by atoms with E-state index in [1.807, 2.05) is 0 Å². The number of halogens is 1. The predicted octanol–water partition coefficient (Wildman–Crippen LogP) is -3.88. The van der Waals surface area contributed by atoms with Gasteiger partial charge in [0.2, 0.25) is 0 Å². The summed E-state index contributed by atoms with van der Waals surface area (Å²) >= 11 is 0. The van der Waals surface area contributed by atoms with E-state index in [0.29, 0.717) is 0 Å². The Bertz CT molecular complexity index is 161. The molecule has 1 aliphatic heterocycles. The summed E-state index contributed by atoms with van der Waals surface area (Å²) in [5, 5.41) is 0. The second-order valence-electron chi connectivity index (χ2n) is 3.87. The van der Waals surface area contributed by atoms with Gasteiger partial charge in [-0.1, -0.05) is 0 Å². The first-order valence-corrected chi connectivity index (χ1v) is 5.94. The van der Waals surface area contributed by atoms with Crippen LogP contribution >= 0.6 is 0 Å². The molecule has 1 fully saturated rings. The zero-order valence-corrected chi connectivity index (χ0v) is 9.86. The summed E-state index contributed by atoms with van der Waals surface area (Å²) in [6.07, 6.45) is 2.81. The molecule has 0 atom stereocenters. The first-order valence-electron chi connectivity index (χ1n) is 4.71. The lowest BCUT2D eigenvalue weighted by atomic mass is 10.4. The molecule has 0 aromatic heterocycles. The van der Waals surface area contributed by atoms with Crippen LogP contribution in [-0.2, 0) is 4.74 Å². The van der Waals surface area contributed by atoms with Crippen LogP contribution in [0.2, 0.25) is 0 Å². The van der Waals surface area contributed by atoms with Crippen LogP contribution in [0, 0.1) is 10.2 Å². The average molecular weight is 244 g/mol. The number of hydrogen-bond acceptors (Lipinski definition) is 5. The predicted molar refractivity (Wildman–Crippen MR) is 41.9 cm³/mol. The van der Waals surface area contributed by atoms with Crippen molar-refractivity contribution in [2.45, 2.75) is 12.8 Å². The van der Waals surface area contributed by atoms with Crippen molar-refractivity contribution in [1.82, 2.24) is 0 Å². The number of quaternary nitrogens is 1. The number of nitrogens with zero attached hydrogens (tertiary/aromatic N) is 1. The van der Waals surface area contributed by atoms with Crippen molar-refractivity contribution in [3.05, 3.63) is 0 Å². The lowest BCUT2D eigenvalue weighted by Gasteiger charge is -2.28. The highest BCUT2D eigenvalue weighted by molar-refractivity contribution is 4.50. The fourth-order valence-electron chi connectivity index (χ4n) is 1.63. The van der Waals surface area contributed by atoms with Crippen LogP contribution in [0.1, 0.15) is 12.8 Å². The molecule has 1 saturated heterocycles. The highest BCUT2D eigenvalue weighted by Gasteiger charge is 2.25. The van der Waals surface area contributed by atoms with Crippen molar-refractivity contribution in [2.24, 2.45) is 0 Å². The van der Waals surface area contributed by atoms with Crippen LogP contribution in [0.25, 0.3) is 0 Å². The quantitative estimate of drug-likeness (QED) is 0.472. The van der Waals surface area contributed by atoms with E-state index < -0.39 is 10.2 Å². The molecule has 92 valence electrons. The zero-order valence-electron chi connectivity index (χ0n) is 9.11. The minimum atomic E-state index is -4.94. The van der Waals surface area contributed by atoms with Gasteiger partial charge >= 0.3 is 0 Å². The maximum atomic E-state index is 8.49. The van der Waals surface area contributed by atoms with Gasteiger partial charge in [-0.3, -0.25) is 0 Å². The summed E-state index contributed by atoms with van der Waals surface area (Å²) in [6.45, 7) is 4.81. The first kappa shape index (κ1) is 15.0. The Morgan fingerprint density at radius 3 is 1.87 bits per heavy atom. The van der Waals surface area contributed by atoms with Crippen LogP contribution in [0.15, 0.2) is 0 Å². The number of hydrogen-bond donors (Lipinski definition) is 0. The molecule has 1 heterocycles. The lowest BCUT2D eigenvalue weighted by molar-refractivity contribution is -2.00. The molecule has 0 aromatic rings. The van der Waals surface area contributed by atoms with Crippen LogP contribution in [0.5, 0.6) is 0 Å². The Morgan fingerprint density at radius 2 is 1.53 bits per heavy atom. The number of likely N-dealkylation sites (N-methyl/N-ethyl adjacent to an activating group) is 1. The normalized spacial score (nSPS) is 19.6. The van der Waals surface area contributed by atoms with Gasteiger partial charge < -0.3 is 9.22 Å². The summed E-state index contributed by atoms with van der Waals surface area (Å²) in [7, 11) is -0.839. The molecule has 6 nitrogen and oxygen atoms in total.